The van der Waals surface area contributed by atoms with Crippen LogP contribution in [0.5, 0.6) is 0 Å². The molecule has 130 valence electrons. The van der Waals surface area contributed by atoms with Crippen LogP contribution < -0.4 is 10.8 Å². The fraction of sp³-hybridized carbons (Fsp3) is 0.562. The van der Waals surface area contributed by atoms with Crippen LogP contribution in [0.15, 0.2) is 24.3 Å². The summed E-state index contributed by atoms with van der Waals surface area (Å²) in [7, 11) is -0.565. The van der Waals surface area contributed by atoms with E-state index in [0.717, 1.165) is 0 Å². The van der Waals surface area contributed by atoms with E-state index in [4.69, 9.17) is 14.1 Å². The van der Waals surface area contributed by atoms with Crippen molar-refractivity contribution in [3.05, 3.63) is 29.8 Å². The molecule has 1 amide bonds. The highest BCUT2D eigenvalue weighted by Gasteiger charge is 2.43. The average molecular weight is 340 g/mol. The molecule has 0 bridgehead atoms. The van der Waals surface area contributed by atoms with E-state index in [1.165, 1.54) is 0 Å². The third-order valence-electron chi connectivity index (χ3n) is 3.92. The van der Waals surface area contributed by atoms with Crippen molar-refractivity contribution in [3.63, 3.8) is 0 Å². The van der Waals surface area contributed by atoms with Crippen LogP contribution in [-0.2, 0) is 8.85 Å². The molecule has 0 aliphatic carbocycles. The van der Waals surface area contributed by atoms with E-state index >= 15 is 0 Å². The van der Waals surface area contributed by atoms with Gasteiger partial charge in [0, 0.05) is 19.2 Å². The summed E-state index contributed by atoms with van der Waals surface area (Å²) >= 11 is 0. The highest BCUT2D eigenvalue weighted by atomic mass is 28.4. The summed E-state index contributed by atoms with van der Waals surface area (Å²) in [5.74, 6) is -0.170. The summed E-state index contributed by atoms with van der Waals surface area (Å²) in [5.41, 5.74) is 3.77. The Balaban J connectivity index is 2.50. The fourth-order valence-electron chi connectivity index (χ4n) is 2.70. The van der Waals surface area contributed by atoms with Crippen molar-refractivity contribution in [2.24, 2.45) is 0 Å². The van der Waals surface area contributed by atoms with Gasteiger partial charge in [0.2, 0.25) is 0 Å². The lowest BCUT2D eigenvalue weighted by molar-refractivity contribution is 0.0939. The Hall–Kier alpha value is -1.41. The predicted molar refractivity (Wildman–Crippen MR) is 93.1 cm³/mol. The summed E-state index contributed by atoms with van der Waals surface area (Å²) in [6.07, 6.45) is 0. The maximum absolute atomic E-state index is 12.0. The SMILES string of the molecule is CO[Si](OCCNC(=O)c1ccc(NO)cc1)(C(C)C)C(C)C. The highest BCUT2D eigenvalue weighted by molar-refractivity contribution is 6.70. The molecule has 0 atom stereocenters. The summed E-state index contributed by atoms with van der Waals surface area (Å²) in [6.45, 7) is 9.32. The molecule has 1 aromatic rings. The van der Waals surface area contributed by atoms with Crippen molar-refractivity contribution in [1.82, 2.24) is 5.32 Å². The molecule has 0 aliphatic rings. The van der Waals surface area contributed by atoms with Gasteiger partial charge in [-0.3, -0.25) is 15.5 Å². The summed E-state index contributed by atoms with van der Waals surface area (Å²) < 4.78 is 11.8. The van der Waals surface area contributed by atoms with Crippen LogP contribution in [-0.4, -0.2) is 39.9 Å². The van der Waals surface area contributed by atoms with E-state index < -0.39 is 8.56 Å². The van der Waals surface area contributed by atoms with Gasteiger partial charge in [0.25, 0.3) is 5.91 Å². The van der Waals surface area contributed by atoms with Crippen LogP contribution in [0.4, 0.5) is 5.69 Å². The Morgan fingerprint density at radius 2 is 1.74 bits per heavy atom. The second-order valence-corrected chi connectivity index (χ2v) is 10.5. The van der Waals surface area contributed by atoms with Gasteiger partial charge in [-0.15, -0.1) is 0 Å². The van der Waals surface area contributed by atoms with E-state index in [9.17, 15) is 4.79 Å². The zero-order valence-corrected chi connectivity index (χ0v) is 15.6. The van der Waals surface area contributed by atoms with Gasteiger partial charge >= 0.3 is 8.56 Å². The van der Waals surface area contributed by atoms with Crippen molar-refractivity contribution in [2.45, 2.75) is 38.8 Å². The van der Waals surface area contributed by atoms with Gasteiger partial charge in [0.1, 0.15) is 0 Å². The quantitative estimate of drug-likeness (QED) is 0.366. The molecule has 0 saturated heterocycles. The second kappa shape index (κ2) is 9.02. The standard InChI is InChI=1S/C16H28N2O4Si/c1-12(2)23(21-5,13(3)4)22-11-10-17-16(19)14-6-8-15(18-20)9-7-14/h6-9,12-13,18,20H,10-11H2,1-5H3,(H,17,19). The molecule has 0 spiro atoms. The van der Waals surface area contributed by atoms with E-state index in [1.54, 1.807) is 31.4 Å². The number of amides is 1. The number of hydrogen-bond acceptors (Lipinski definition) is 5. The first-order chi connectivity index (χ1) is 10.9. The largest absolute Gasteiger partial charge is 0.397 e. The minimum atomic E-state index is -2.28. The summed E-state index contributed by atoms with van der Waals surface area (Å²) in [4.78, 5) is 12.0. The third kappa shape index (κ3) is 5.03. The van der Waals surface area contributed by atoms with Gasteiger partial charge in [0.05, 0.1) is 12.3 Å². The van der Waals surface area contributed by atoms with Crippen LogP contribution in [0.3, 0.4) is 0 Å². The Morgan fingerprint density at radius 1 is 1.17 bits per heavy atom. The number of anilines is 1. The molecule has 0 fully saturated rings. The normalized spacial score (nSPS) is 11.8. The van der Waals surface area contributed by atoms with Gasteiger partial charge < -0.3 is 14.2 Å². The summed E-state index contributed by atoms with van der Waals surface area (Å²) in [6, 6.07) is 6.55. The van der Waals surface area contributed by atoms with E-state index in [1.807, 2.05) is 5.48 Å². The van der Waals surface area contributed by atoms with E-state index in [0.29, 0.717) is 35.5 Å². The van der Waals surface area contributed by atoms with Crippen molar-refractivity contribution in [2.75, 3.05) is 25.7 Å². The lowest BCUT2D eigenvalue weighted by atomic mass is 10.2. The van der Waals surface area contributed by atoms with Gasteiger partial charge in [-0.25, -0.2) is 0 Å². The van der Waals surface area contributed by atoms with Crippen molar-refractivity contribution in [3.8, 4) is 0 Å². The number of hydrogen-bond donors (Lipinski definition) is 3. The molecule has 1 aromatic carbocycles. The maximum atomic E-state index is 12.0. The molecule has 6 nitrogen and oxygen atoms in total. The predicted octanol–water partition coefficient (Wildman–Crippen LogP) is 3.14. The molecule has 1 rings (SSSR count). The van der Waals surface area contributed by atoms with Crippen LogP contribution in [0.1, 0.15) is 38.1 Å². The zero-order chi connectivity index (χ0) is 17.5. The lowest BCUT2D eigenvalue weighted by Gasteiger charge is -2.36. The third-order valence-corrected chi connectivity index (χ3v) is 8.43. The maximum Gasteiger partial charge on any atom is 0.343 e. The highest BCUT2D eigenvalue weighted by Crippen LogP contribution is 2.33. The molecule has 0 aromatic heterocycles. The van der Waals surface area contributed by atoms with Crippen LogP contribution in [0, 0.1) is 0 Å². The van der Waals surface area contributed by atoms with Crippen molar-refractivity contribution in [1.29, 1.82) is 0 Å². The molecular weight excluding hydrogens is 312 g/mol. The molecule has 0 unspecified atom stereocenters. The van der Waals surface area contributed by atoms with E-state index in [-0.39, 0.29) is 5.91 Å². The Bertz CT molecular complexity index is 483. The molecule has 0 saturated carbocycles. The van der Waals surface area contributed by atoms with Gasteiger partial charge in [-0.05, 0) is 35.3 Å². The van der Waals surface area contributed by atoms with Gasteiger partial charge in [0.15, 0.2) is 0 Å². The first-order valence-electron chi connectivity index (χ1n) is 7.84. The minimum absolute atomic E-state index is 0.170. The molecule has 0 aliphatic heterocycles. The van der Waals surface area contributed by atoms with Crippen molar-refractivity contribution < 1.29 is 18.9 Å². The first kappa shape index (κ1) is 19.6. The smallest absolute Gasteiger partial charge is 0.343 e. The average Bonchev–Trinajstić information content (AvgIpc) is 2.54. The van der Waals surface area contributed by atoms with E-state index in [2.05, 4.69) is 33.0 Å². The number of rotatable bonds is 9. The second-order valence-electron chi connectivity index (χ2n) is 6.03. The van der Waals surface area contributed by atoms with Crippen LogP contribution in [0.2, 0.25) is 11.1 Å². The number of carbonyl (C=O) groups is 1. The minimum Gasteiger partial charge on any atom is -0.397 e. The monoisotopic (exact) mass is 340 g/mol. The molecule has 0 radical (unpaired) electrons. The topological polar surface area (TPSA) is 79.8 Å². The van der Waals surface area contributed by atoms with Crippen LogP contribution >= 0.6 is 0 Å². The number of nitrogens with one attached hydrogen (secondary N) is 2. The Labute approximate surface area is 139 Å². The molecule has 7 heteroatoms. The van der Waals surface area contributed by atoms with Crippen molar-refractivity contribution >= 4 is 20.2 Å². The molecule has 23 heavy (non-hydrogen) atoms. The fourth-order valence-corrected chi connectivity index (χ4v) is 6.19. The first-order valence-corrected chi connectivity index (χ1v) is 9.82. The number of benzene rings is 1. The Kier molecular flexibility index (Phi) is 7.70. The van der Waals surface area contributed by atoms with Gasteiger partial charge in [-0.2, -0.15) is 0 Å². The summed E-state index contributed by atoms with van der Waals surface area (Å²) in [5, 5.41) is 11.6. The lowest BCUT2D eigenvalue weighted by Crippen LogP contribution is -2.48. The zero-order valence-electron chi connectivity index (χ0n) is 14.6. The molecule has 0 heterocycles. The molecular formula is C16H28N2O4Si. The number of carbonyl (C=O) groups excluding carboxylic acids is 1. The molecule has 3 N–H and O–H groups in total. The van der Waals surface area contributed by atoms with Crippen LogP contribution in [0.25, 0.3) is 0 Å². The Morgan fingerprint density at radius 3 is 2.17 bits per heavy atom. The van der Waals surface area contributed by atoms with Gasteiger partial charge in [-0.1, -0.05) is 27.7 Å².